The van der Waals surface area contributed by atoms with E-state index in [-0.39, 0.29) is 5.75 Å². The summed E-state index contributed by atoms with van der Waals surface area (Å²) in [6, 6.07) is 8.61. The van der Waals surface area contributed by atoms with Crippen molar-refractivity contribution in [1.29, 1.82) is 0 Å². The maximum Gasteiger partial charge on any atom is 0.214 e. The van der Waals surface area contributed by atoms with Crippen molar-refractivity contribution >= 4 is 33.2 Å². The van der Waals surface area contributed by atoms with Gasteiger partial charge in [-0.25, -0.2) is 12.7 Å². The van der Waals surface area contributed by atoms with Crippen LogP contribution in [0.2, 0.25) is 0 Å². The molecule has 0 bridgehead atoms. The molecule has 2 fully saturated rings. The molecule has 3 heterocycles. The van der Waals surface area contributed by atoms with Gasteiger partial charge in [0, 0.05) is 32.4 Å². The highest BCUT2D eigenvalue weighted by molar-refractivity contribution is 8.03. The Balaban J connectivity index is 1.47. The van der Waals surface area contributed by atoms with Crippen molar-refractivity contribution < 1.29 is 13.2 Å². The van der Waals surface area contributed by atoms with Crippen LogP contribution in [0.3, 0.4) is 0 Å². The number of thioether (sulfide) groups is 1. The normalized spacial score (nSPS) is 24.4. The van der Waals surface area contributed by atoms with Gasteiger partial charge in [-0.3, -0.25) is 0 Å². The molecule has 3 aliphatic heterocycles. The average molecular weight is 438 g/mol. The summed E-state index contributed by atoms with van der Waals surface area (Å²) in [5, 5.41) is 2.51. The summed E-state index contributed by atoms with van der Waals surface area (Å²) in [5.41, 5.74) is 2.50. The summed E-state index contributed by atoms with van der Waals surface area (Å²) in [6.45, 7) is 6.58. The van der Waals surface area contributed by atoms with E-state index in [4.69, 9.17) is 4.74 Å². The molecule has 2 saturated heterocycles. The van der Waals surface area contributed by atoms with Crippen LogP contribution in [0.5, 0.6) is 0 Å². The number of rotatable bonds is 6. The quantitative estimate of drug-likeness (QED) is 0.681. The number of hydrogen-bond donors (Lipinski definition) is 0. The van der Waals surface area contributed by atoms with Gasteiger partial charge in [0.2, 0.25) is 10.0 Å². The highest BCUT2D eigenvalue weighted by atomic mass is 32.2. The molecule has 6 nitrogen and oxygen atoms in total. The highest BCUT2D eigenvalue weighted by Gasteiger charge is 2.36. The van der Waals surface area contributed by atoms with E-state index in [1.54, 1.807) is 4.31 Å². The lowest BCUT2D eigenvalue weighted by atomic mass is 9.97. The maximum atomic E-state index is 12.4. The van der Waals surface area contributed by atoms with Crippen LogP contribution in [0.1, 0.15) is 26.2 Å². The number of hydrogen-bond acceptors (Lipinski definition) is 6. The lowest BCUT2D eigenvalue weighted by molar-refractivity contribution is 0.122. The highest BCUT2D eigenvalue weighted by Crippen LogP contribution is 2.42. The SMILES string of the molecule is CCCS(=O)(=O)N1CCC(C2SC=CN2c2ccccc2N2CCOCC2)CC1. The Morgan fingerprint density at radius 2 is 1.76 bits per heavy atom. The summed E-state index contributed by atoms with van der Waals surface area (Å²) < 4.78 is 32.0. The topological polar surface area (TPSA) is 53.1 Å². The molecule has 0 aliphatic carbocycles. The second kappa shape index (κ2) is 9.29. The first-order chi connectivity index (χ1) is 14.1. The molecule has 1 unspecified atom stereocenters. The van der Waals surface area contributed by atoms with Crippen LogP contribution < -0.4 is 9.80 Å². The fourth-order valence-corrected chi connectivity index (χ4v) is 7.18. The van der Waals surface area contributed by atoms with E-state index < -0.39 is 10.0 Å². The number of anilines is 2. The van der Waals surface area contributed by atoms with Crippen molar-refractivity contribution in [2.45, 2.75) is 31.6 Å². The van der Waals surface area contributed by atoms with Crippen LogP contribution in [-0.4, -0.2) is 63.2 Å². The molecule has 1 aromatic rings. The summed E-state index contributed by atoms with van der Waals surface area (Å²) in [4.78, 5) is 4.81. The van der Waals surface area contributed by atoms with Crippen molar-refractivity contribution in [2.24, 2.45) is 5.92 Å². The lowest BCUT2D eigenvalue weighted by Gasteiger charge is -2.39. The Kier molecular flexibility index (Phi) is 6.73. The predicted molar refractivity (Wildman–Crippen MR) is 121 cm³/mol. The van der Waals surface area contributed by atoms with Gasteiger partial charge in [0.25, 0.3) is 0 Å². The Labute approximate surface area is 178 Å². The summed E-state index contributed by atoms with van der Waals surface area (Å²) >= 11 is 1.86. The third-order valence-corrected chi connectivity index (χ3v) is 9.23. The van der Waals surface area contributed by atoms with E-state index >= 15 is 0 Å². The molecule has 0 spiro atoms. The molecule has 1 aromatic carbocycles. The number of morpholine rings is 1. The van der Waals surface area contributed by atoms with Gasteiger partial charge in [0.15, 0.2) is 0 Å². The number of piperidine rings is 1. The van der Waals surface area contributed by atoms with Crippen molar-refractivity contribution in [1.82, 2.24) is 4.31 Å². The van der Waals surface area contributed by atoms with Crippen molar-refractivity contribution in [3.63, 3.8) is 0 Å². The van der Waals surface area contributed by atoms with Crippen molar-refractivity contribution in [2.75, 3.05) is 54.9 Å². The fraction of sp³-hybridized carbons (Fsp3) is 0.619. The summed E-state index contributed by atoms with van der Waals surface area (Å²) in [6.07, 6.45) is 4.70. The van der Waals surface area contributed by atoms with Gasteiger partial charge in [-0.2, -0.15) is 0 Å². The Morgan fingerprint density at radius 3 is 2.45 bits per heavy atom. The third kappa shape index (κ3) is 4.60. The van der Waals surface area contributed by atoms with Crippen molar-refractivity contribution in [3.05, 3.63) is 35.9 Å². The van der Waals surface area contributed by atoms with E-state index in [1.165, 1.54) is 11.4 Å². The third-order valence-electron chi connectivity index (χ3n) is 5.98. The number of para-hydroxylation sites is 2. The maximum absolute atomic E-state index is 12.4. The molecule has 8 heteroatoms. The number of sulfonamides is 1. The minimum Gasteiger partial charge on any atom is -0.378 e. The molecular weight excluding hydrogens is 406 g/mol. The lowest BCUT2D eigenvalue weighted by Crippen LogP contribution is -2.44. The van der Waals surface area contributed by atoms with Crippen LogP contribution in [0.15, 0.2) is 35.9 Å². The first kappa shape index (κ1) is 21.0. The molecule has 0 saturated carbocycles. The standard InChI is InChI=1S/C21H31N3O3S2/c1-2-17-29(25,26)23-9-7-18(8-10-23)21-24(13-16-28-21)20-6-4-3-5-19(20)22-11-14-27-15-12-22/h3-6,13,16,18,21H,2,7-12,14-15,17H2,1H3. The van der Waals surface area contributed by atoms with Crippen LogP contribution in [0.25, 0.3) is 0 Å². The molecule has 0 N–H and O–H groups in total. The van der Waals surface area contributed by atoms with Crippen LogP contribution in [-0.2, 0) is 14.8 Å². The molecule has 1 atom stereocenters. The number of nitrogens with zero attached hydrogens (tertiary/aromatic N) is 3. The smallest absolute Gasteiger partial charge is 0.214 e. The fourth-order valence-electron chi connectivity index (χ4n) is 4.47. The summed E-state index contributed by atoms with van der Waals surface area (Å²) in [5.74, 6) is 0.733. The Morgan fingerprint density at radius 1 is 1.07 bits per heavy atom. The zero-order chi connectivity index (χ0) is 20.3. The van der Waals surface area contributed by atoms with Gasteiger partial charge < -0.3 is 14.5 Å². The Hall–Kier alpha value is -1.22. The van der Waals surface area contributed by atoms with E-state index in [0.29, 0.717) is 30.8 Å². The van der Waals surface area contributed by atoms with E-state index in [2.05, 4.69) is 45.7 Å². The largest absolute Gasteiger partial charge is 0.378 e. The minimum atomic E-state index is -3.09. The Bertz CT molecular complexity index is 816. The first-order valence-corrected chi connectivity index (χ1v) is 13.2. The van der Waals surface area contributed by atoms with E-state index in [0.717, 1.165) is 39.1 Å². The number of ether oxygens (including phenoxy) is 1. The van der Waals surface area contributed by atoms with Crippen LogP contribution >= 0.6 is 11.8 Å². The molecular formula is C21H31N3O3S2. The molecule has 160 valence electrons. The monoisotopic (exact) mass is 437 g/mol. The predicted octanol–water partition coefficient (Wildman–Crippen LogP) is 3.33. The van der Waals surface area contributed by atoms with Gasteiger partial charge in [0.1, 0.15) is 0 Å². The summed E-state index contributed by atoms with van der Waals surface area (Å²) in [7, 11) is -3.09. The molecule has 4 rings (SSSR count). The first-order valence-electron chi connectivity index (χ1n) is 10.6. The molecule has 0 radical (unpaired) electrons. The minimum absolute atomic E-state index is 0.260. The van der Waals surface area contributed by atoms with Gasteiger partial charge in [-0.05, 0) is 42.7 Å². The molecule has 0 aromatic heterocycles. The molecule has 29 heavy (non-hydrogen) atoms. The average Bonchev–Trinajstić information content (AvgIpc) is 3.24. The number of benzene rings is 1. The second-order valence-electron chi connectivity index (χ2n) is 7.86. The zero-order valence-corrected chi connectivity index (χ0v) is 18.7. The van der Waals surface area contributed by atoms with E-state index in [1.807, 2.05) is 18.7 Å². The van der Waals surface area contributed by atoms with Crippen LogP contribution in [0.4, 0.5) is 11.4 Å². The molecule has 3 aliphatic rings. The van der Waals surface area contributed by atoms with Gasteiger partial charge in [-0.1, -0.05) is 19.1 Å². The van der Waals surface area contributed by atoms with E-state index in [9.17, 15) is 8.42 Å². The van der Waals surface area contributed by atoms with Crippen molar-refractivity contribution in [3.8, 4) is 0 Å². The molecule has 0 amide bonds. The van der Waals surface area contributed by atoms with Gasteiger partial charge in [0.05, 0.1) is 35.7 Å². The second-order valence-corrected chi connectivity index (χ2v) is 11.0. The van der Waals surface area contributed by atoms with Gasteiger partial charge >= 0.3 is 0 Å². The van der Waals surface area contributed by atoms with Gasteiger partial charge in [-0.15, -0.1) is 11.8 Å². The van der Waals surface area contributed by atoms with Crippen LogP contribution in [0, 0.1) is 5.92 Å². The zero-order valence-electron chi connectivity index (χ0n) is 17.1.